The number of aromatic nitrogens is 1. The van der Waals surface area contributed by atoms with Crippen LogP contribution in [0.15, 0.2) is 18.3 Å². The molecule has 1 heterocycles. The van der Waals surface area contributed by atoms with Crippen LogP contribution in [0.1, 0.15) is 13.8 Å². The molecule has 0 aliphatic carbocycles. The average molecular weight is 207 g/mol. The van der Waals surface area contributed by atoms with Crippen LogP contribution in [0.5, 0.6) is 0 Å². The van der Waals surface area contributed by atoms with E-state index in [0.717, 1.165) is 6.20 Å². The van der Waals surface area contributed by atoms with Gasteiger partial charge in [0.2, 0.25) is 5.91 Å². The standard InChI is InChI=1S/C10H10FN3O/c1-10(2,6-12)9(15)14-8-4-3-7(11)5-13-8/h3-5H,1-2H3,(H,13,14,15). The van der Waals surface area contributed by atoms with Crippen molar-refractivity contribution in [3.8, 4) is 6.07 Å². The zero-order chi connectivity index (χ0) is 11.5. The van der Waals surface area contributed by atoms with Crippen LogP contribution in [-0.2, 0) is 4.79 Å². The molecule has 0 fully saturated rings. The van der Waals surface area contributed by atoms with E-state index in [1.807, 2.05) is 6.07 Å². The van der Waals surface area contributed by atoms with Gasteiger partial charge in [0.25, 0.3) is 0 Å². The Balaban J connectivity index is 2.76. The lowest BCUT2D eigenvalue weighted by Crippen LogP contribution is -2.29. The van der Waals surface area contributed by atoms with Crippen LogP contribution in [0.4, 0.5) is 10.2 Å². The number of nitrogens with one attached hydrogen (secondary N) is 1. The molecule has 78 valence electrons. The maximum atomic E-state index is 12.5. The Hall–Kier alpha value is -1.96. The third kappa shape index (κ3) is 2.74. The molecule has 0 aliphatic heterocycles. The van der Waals surface area contributed by atoms with Gasteiger partial charge in [0, 0.05) is 0 Å². The Labute approximate surface area is 86.7 Å². The smallest absolute Gasteiger partial charge is 0.245 e. The van der Waals surface area contributed by atoms with Crippen molar-refractivity contribution in [1.29, 1.82) is 5.26 Å². The zero-order valence-electron chi connectivity index (χ0n) is 8.41. The van der Waals surface area contributed by atoms with Gasteiger partial charge in [-0.15, -0.1) is 0 Å². The van der Waals surface area contributed by atoms with E-state index in [1.165, 1.54) is 26.0 Å². The molecule has 15 heavy (non-hydrogen) atoms. The molecule has 0 unspecified atom stereocenters. The van der Waals surface area contributed by atoms with E-state index in [-0.39, 0.29) is 5.82 Å². The topological polar surface area (TPSA) is 65.8 Å². The molecule has 1 rings (SSSR count). The van der Waals surface area contributed by atoms with Crippen LogP contribution in [0.25, 0.3) is 0 Å². The lowest BCUT2D eigenvalue weighted by molar-refractivity contribution is -0.121. The highest BCUT2D eigenvalue weighted by Gasteiger charge is 2.27. The van der Waals surface area contributed by atoms with Gasteiger partial charge in [-0.05, 0) is 26.0 Å². The van der Waals surface area contributed by atoms with Gasteiger partial charge >= 0.3 is 0 Å². The van der Waals surface area contributed by atoms with Crippen LogP contribution in [-0.4, -0.2) is 10.9 Å². The van der Waals surface area contributed by atoms with Gasteiger partial charge in [0.15, 0.2) is 0 Å². The van der Waals surface area contributed by atoms with Crippen molar-refractivity contribution in [1.82, 2.24) is 4.98 Å². The number of carbonyl (C=O) groups is 1. The van der Waals surface area contributed by atoms with Crippen molar-refractivity contribution in [2.45, 2.75) is 13.8 Å². The van der Waals surface area contributed by atoms with Crippen molar-refractivity contribution in [2.75, 3.05) is 5.32 Å². The van der Waals surface area contributed by atoms with Crippen molar-refractivity contribution in [2.24, 2.45) is 5.41 Å². The van der Waals surface area contributed by atoms with Crippen LogP contribution in [0.3, 0.4) is 0 Å². The monoisotopic (exact) mass is 207 g/mol. The summed E-state index contributed by atoms with van der Waals surface area (Å²) in [5.41, 5.74) is -1.13. The number of amides is 1. The van der Waals surface area contributed by atoms with Gasteiger partial charge in [-0.25, -0.2) is 9.37 Å². The summed E-state index contributed by atoms with van der Waals surface area (Å²) >= 11 is 0. The summed E-state index contributed by atoms with van der Waals surface area (Å²) in [6.07, 6.45) is 0.995. The van der Waals surface area contributed by atoms with E-state index in [2.05, 4.69) is 10.3 Å². The number of pyridine rings is 1. The third-order valence-electron chi connectivity index (χ3n) is 1.82. The number of nitriles is 1. The number of hydrogen-bond acceptors (Lipinski definition) is 3. The molecule has 0 saturated heterocycles. The van der Waals surface area contributed by atoms with E-state index in [1.54, 1.807) is 0 Å². The van der Waals surface area contributed by atoms with Gasteiger partial charge < -0.3 is 5.32 Å². The predicted molar refractivity (Wildman–Crippen MR) is 52.2 cm³/mol. The van der Waals surface area contributed by atoms with Crippen molar-refractivity contribution < 1.29 is 9.18 Å². The zero-order valence-corrected chi connectivity index (χ0v) is 8.41. The summed E-state index contributed by atoms with van der Waals surface area (Å²) in [5.74, 6) is -0.721. The maximum Gasteiger partial charge on any atom is 0.245 e. The molecular weight excluding hydrogens is 197 g/mol. The second-order valence-electron chi connectivity index (χ2n) is 3.55. The van der Waals surface area contributed by atoms with Crippen LogP contribution >= 0.6 is 0 Å². The summed E-state index contributed by atoms with van der Waals surface area (Å²) < 4.78 is 12.5. The number of halogens is 1. The van der Waals surface area contributed by atoms with Crippen LogP contribution in [0, 0.1) is 22.6 Å². The minimum Gasteiger partial charge on any atom is -0.309 e. The predicted octanol–water partition coefficient (Wildman–Crippen LogP) is 1.71. The summed E-state index contributed by atoms with van der Waals surface area (Å²) in [6, 6.07) is 4.38. The van der Waals surface area contributed by atoms with Gasteiger partial charge in [-0.2, -0.15) is 5.26 Å². The first-order valence-electron chi connectivity index (χ1n) is 4.30. The molecule has 4 nitrogen and oxygen atoms in total. The quantitative estimate of drug-likeness (QED) is 0.802. The maximum absolute atomic E-state index is 12.5. The minimum atomic E-state index is -1.13. The Morgan fingerprint density at radius 3 is 2.73 bits per heavy atom. The molecule has 0 atom stereocenters. The average Bonchev–Trinajstić information content (AvgIpc) is 2.21. The molecule has 0 saturated carbocycles. The second kappa shape index (κ2) is 4.05. The number of nitrogens with zero attached hydrogens (tertiary/aromatic N) is 2. The Morgan fingerprint density at radius 2 is 2.27 bits per heavy atom. The molecule has 1 amide bonds. The number of rotatable bonds is 2. The van der Waals surface area contributed by atoms with E-state index >= 15 is 0 Å². The summed E-state index contributed by atoms with van der Waals surface area (Å²) in [6.45, 7) is 2.98. The largest absolute Gasteiger partial charge is 0.309 e. The molecule has 0 spiro atoms. The fourth-order valence-corrected chi connectivity index (χ4v) is 0.773. The van der Waals surface area contributed by atoms with Gasteiger partial charge in [0.1, 0.15) is 17.1 Å². The molecule has 1 aromatic rings. The molecule has 5 heteroatoms. The molecule has 0 radical (unpaired) electrons. The number of hydrogen-bond donors (Lipinski definition) is 1. The lowest BCUT2D eigenvalue weighted by atomic mass is 9.95. The first-order valence-corrected chi connectivity index (χ1v) is 4.30. The Morgan fingerprint density at radius 1 is 1.60 bits per heavy atom. The number of carbonyl (C=O) groups excluding carboxylic acids is 1. The molecule has 0 bridgehead atoms. The molecular formula is C10H10FN3O. The fourth-order valence-electron chi connectivity index (χ4n) is 0.773. The molecule has 0 aliphatic rings. The Bertz CT molecular complexity index is 406. The lowest BCUT2D eigenvalue weighted by Gasteiger charge is -2.14. The fraction of sp³-hybridized carbons (Fsp3) is 0.300. The summed E-state index contributed by atoms with van der Waals surface area (Å²) in [5, 5.41) is 11.1. The van der Waals surface area contributed by atoms with Crippen molar-refractivity contribution in [3.05, 3.63) is 24.1 Å². The summed E-state index contributed by atoms with van der Waals surface area (Å²) in [7, 11) is 0. The van der Waals surface area contributed by atoms with Crippen LogP contribution < -0.4 is 5.32 Å². The highest BCUT2D eigenvalue weighted by Crippen LogP contribution is 2.16. The number of anilines is 1. The normalized spacial score (nSPS) is 10.5. The van der Waals surface area contributed by atoms with E-state index in [9.17, 15) is 9.18 Å². The third-order valence-corrected chi connectivity index (χ3v) is 1.82. The highest BCUT2D eigenvalue weighted by molar-refractivity contribution is 5.95. The van der Waals surface area contributed by atoms with E-state index in [0.29, 0.717) is 0 Å². The SMILES string of the molecule is CC(C)(C#N)C(=O)Nc1ccc(F)cn1. The highest BCUT2D eigenvalue weighted by atomic mass is 19.1. The van der Waals surface area contributed by atoms with Gasteiger partial charge in [-0.1, -0.05) is 0 Å². The molecule has 1 N–H and O–H groups in total. The minimum absolute atomic E-state index is 0.227. The second-order valence-corrected chi connectivity index (χ2v) is 3.55. The first kappa shape index (κ1) is 11.1. The van der Waals surface area contributed by atoms with E-state index in [4.69, 9.17) is 5.26 Å². The van der Waals surface area contributed by atoms with Gasteiger partial charge in [-0.3, -0.25) is 4.79 Å². The Kier molecular flexibility index (Phi) is 3.00. The molecule has 1 aromatic heterocycles. The van der Waals surface area contributed by atoms with Crippen molar-refractivity contribution >= 4 is 11.7 Å². The summed E-state index contributed by atoms with van der Waals surface area (Å²) in [4.78, 5) is 15.1. The first-order chi connectivity index (χ1) is 6.95. The van der Waals surface area contributed by atoms with E-state index < -0.39 is 17.1 Å². The van der Waals surface area contributed by atoms with Gasteiger partial charge in [0.05, 0.1) is 12.3 Å². The van der Waals surface area contributed by atoms with Crippen molar-refractivity contribution in [3.63, 3.8) is 0 Å². The van der Waals surface area contributed by atoms with Crippen LogP contribution in [0.2, 0.25) is 0 Å². The molecule has 0 aromatic carbocycles.